The van der Waals surface area contributed by atoms with Gasteiger partial charge in [-0.15, -0.1) is 0 Å². The van der Waals surface area contributed by atoms with Gasteiger partial charge in [0.25, 0.3) is 5.91 Å². The zero-order valence-electron chi connectivity index (χ0n) is 12.0. The van der Waals surface area contributed by atoms with Crippen LogP contribution in [0.4, 0.5) is 5.69 Å². The number of rotatable bonds is 3. The highest BCUT2D eigenvalue weighted by Gasteiger charge is 2.34. The Morgan fingerprint density at radius 1 is 1.36 bits per heavy atom. The summed E-state index contributed by atoms with van der Waals surface area (Å²) in [6.45, 7) is 2.00. The summed E-state index contributed by atoms with van der Waals surface area (Å²) in [6.07, 6.45) is 6.70. The van der Waals surface area contributed by atoms with Gasteiger partial charge in [0.15, 0.2) is 0 Å². The van der Waals surface area contributed by atoms with E-state index in [9.17, 15) is 9.59 Å². The molecule has 4 heterocycles. The highest BCUT2D eigenvalue weighted by atomic mass is 16.2. The summed E-state index contributed by atoms with van der Waals surface area (Å²) in [5.41, 5.74) is 1.35. The molecule has 0 saturated carbocycles. The van der Waals surface area contributed by atoms with E-state index in [1.54, 1.807) is 28.3 Å². The van der Waals surface area contributed by atoms with E-state index in [-0.39, 0.29) is 17.9 Å². The minimum absolute atomic E-state index is 0.0455. The molecule has 0 aliphatic carbocycles. The van der Waals surface area contributed by atoms with Gasteiger partial charge in [0.1, 0.15) is 5.69 Å². The molecular weight excluding hydrogens is 284 g/mol. The number of amides is 2. The van der Waals surface area contributed by atoms with Gasteiger partial charge in [-0.3, -0.25) is 19.4 Å². The summed E-state index contributed by atoms with van der Waals surface area (Å²) >= 11 is 0. The third-order valence-electron chi connectivity index (χ3n) is 4.23. The van der Waals surface area contributed by atoms with Gasteiger partial charge in [-0.1, -0.05) is 0 Å². The maximum Gasteiger partial charge on any atom is 0.272 e. The molecule has 0 bridgehead atoms. The summed E-state index contributed by atoms with van der Waals surface area (Å²) in [7, 11) is 0. The van der Waals surface area contributed by atoms with Gasteiger partial charge in [-0.05, 0) is 12.5 Å². The first kappa shape index (κ1) is 13.1. The normalized spacial score (nSPS) is 18.8. The second-order valence-corrected chi connectivity index (χ2v) is 5.66. The van der Waals surface area contributed by atoms with E-state index >= 15 is 0 Å². The average molecular weight is 300 g/mol. The van der Waals surface area contributed by atoms with Gasteiger partial charge in [-0.25, -0.2) is 0 Å². The molecule has 8 nitrogen and oxygen atoms in total. The van der Waals surface area contributed by atoms with E-state index in [4.69, 9.17) is 0 Å². The Balaban J connectivity index is 1.40. The topological polar surface area (TPSA) is 87.1 Å². The number of carbonyl (C=O) groups excluding carboxylic acids is 2. The molecule has 0 radical (unpaired) electrons. The second kappa shape index (κ2) is 4.97. The number of nitrogens with zero attached hydrogens (tertiary/aromatic N) is 5. The summed E-state index contributed by atoms with van der Waals surface area (Å²) in [5.74, 6) is 0.111. The van der Waals surface area contributed by atoms with Crippen LogP contribution in [0.25, 0.3) is 0 Å². The third kappa shape index (κ3) is 2.07. The fourth-order valence-electron chi connectivity index (χ4n) is 2.92. The number of aromatic nitrogens is 4. The van der Waals surface area contributed by atoms with Crippen LogP contribution in [0, 0.1) is 0 Å². The van der Waals surface area contributed by atoms with Crippen molar-refractivity contribution in [3.05, 3.63) is 30.4 Å². The van der Waals surface area contributed by atoms with Crippen LogP contribution in [0.15, 0.2) is 24.7 Å². The zero-order valence-corrected chi connectivity index (χ0v) is 12.0. The number of hydrogen-bond acceptors (Lipinski definition) is 4. The second-order valence-electron chi connectivity index (χ2n) is 5.66. The van der Waals surface area contributed by atoms with Crippen LogP contribution in [0.2, 0.25) is 0 Å². The van der Waals surface area contributed by atoms with Crippen molar-refractivity contribution in [2.75, 3.05) is 24.5 Å². The van der Waals surface area contributed by atoms with Gasteiger partial charge in [0, 0.05) is 38.4 Å². The number of hydrogen-bond donors (Lipinski definition) is 1. The molecule has 2 fully saturated rings. The van der Waals surface area contributed by atoms with Crippen LogP contribution < -0.4 is 4.90 Å². The van der Waals surface area contributed by atoms with Crippen molar-refractivity contribution in [2.45, 2.75) is 18.9 Å². The molecule has 2 aromatic rings. The fraction of sp³-hybridized carbons (Fsp3) is 0.429. The molecule has 8 heteroatoms. The van der Waals surface area contributed by atoms with Gasteiger partial charge < -0.3 is 9.80 Å². The summed E-state index contributed by atoms with van der Waals surface area (Å²) in [5, 5.41) is 10.8. The Morgan fingerprint density at radius 2 is 2.23 bits per heavy atom. The predicted octanol–water partition coefficient (Wildman–Crippen LogP) is 0.430. The lowest BCUT2D eigenvalue weighted by Gasteiger charge is -2.38. The lowest BCUT2D eigenvalue weighted by atomic mass is 10.1. The lowest BCUT2D eigenvalue weighted by Crippen LogP contribution is -2.51. The Morgan fingerprint density at radius 3 is 2.91 bits per heavy atom. The number of likely N-dealkylation sites (tertiary alicyclic amines) is 1. The van der Waals surface area contributed by atoms with Crippen molar-refractivity contribution in [1.29, 1.82) is 0 Å². The van der Waals surface area contributed by atoms with E-state index in [0.29, 0.717) is 25.2 Å². The summed E-state index contributed by atoms with van der Waals surface area (Å²) in [6, 6.07) is 1.83. The number of aromatic amines is 1. The Kier molecular flexibility index (Phi) is 2.95. The number of carbonyl (C=O) groups is 2. The van der Waals surface area contributed by atoms with Crippen molar-refractivity contribution in [2.24, 2.45) is 0 Å². The molecule has 114 valence electrons. The third-order valence-corrected chi connectivity index (χ3v) is 4.23. The average Bonchev–Trinajstić information content (AvgIpc) is 3.16. The highest BCUT2D eigenvalue weighted by molar-refractivity contribution is 5.95. The van der Waals surface area contributed by atoms with Crippen molar-refractivity contribution in [1.82, 2.24) is 24.9 Å². The van der Waals surface area contributed by atoms with E-state index < -0.39 is 0 Å². The van der Waals surface area contributed by atoms with Gasteiger partial charge in [-0.2, -0.15) is 10.2 Å². The number of anilines is 1. The summed E-state index contributed by atoms with van der Waals surface area (Å²) < 4.78 is 1.84. The molecule has 2 aromatic heterocycles. The molecule has 1 N–H and O–H groups in total. The minimum Gasteiger partial charge on any atom is -0.333 e. The van der Waals surface area contributed by atoms with Crippen molar-refractivity contribution < 1.29 is 9.59 Å². The molecule has 0 atom stereocenters. The first-order chi connectivity index (χ1) is 10.7. The standard InChI is InChI=1S/C14H16N6O2/c21-13-2-1-5-19(13)10-6-16-20(9-10)11-7-18(8-11)14(22)12-3-4-15-17-12/h3-4,6,9,11H,1-2,5,7-8H2,(H,15,17). The molecule has 4 rings (SSSR count). The molecule has 0 spiro atoms. The monoisotopic (exact) mass is 300 g/mol. The van der Waals surface area contributed by atoms with Crippen LogP contribution >= 0.6 is 0 Å². The Bertz CT molecular complexity index is 701. The molecule has 0 unspecified atom stereocenters. The van der Waals surface area contributed by atoms with Gasteiger partial charge in [0.05, 0.1) is 17.9 Å². The lowest BCUT2D eigenvalue weighted by molar-refractivity contribution is -0.117. The van der Waals surface area contributed by atoms with Crippen LogP contribution in [0.1, 0.15) is 29.4 Å². The number of nitrogens with one attached hydrogen (secondary N) is 1. The van der Waals surface area contributed by atoms with E-state index in [2.05, 4.69) is 15.3 Å². The van der Waals surface area contributed by atoms with Gasteiger partial charge >= 0.3 is 0 Å². The quantitative estimate of drug-likeness (QED) is 0.890. The minimum atomic E-state index is -0.0455. The molecular formula is C14H16N6O2. The predicted molar refractivity (Wildman–Crippen MR) is 77.3 cm³/mol. The van der Waals surface area contributed by atoms with E-state index in [1.807, 2.05) is 10.9 Å². The Hall–Kier alpha value is -2.64. The van der Waals surface area contributed by atoms with Crippen LogP contribution in [0.3, 0.4) is 0 Å². The van der Waals surface area contributed by atoms with Crippen molar-refractivity contribution >= 4 is 17.5 Å². The Labute approximate surface area is 126 Å². The van der Waals surface area contributed by atoms with Gasteiger partial charge in [0.2, 0.25) is 5.91 Å². The zero-order chi connectivity index (χ0) is 15.1. The molecule has 2 saturated heterocycles. The maximum absolute atomic E-state index is 12.1. The van der Waals surface area contributed by atoms with Crippen LogP contribution in [-0.2, 0) is 4.79 Å². The largest absolute Gasteiger partial charge is 0.333 e. The van der Waals surface area contributed by atoms with Crippen LogP contribution in [-0.4, -0.2) is 56.3 Å². The van der Waals surface area contributed by atoms with Crippen molar-refractivity contribution in [3.8, 4) is 0 Å². The SMILES string of the molecule is O=C(c1ccn[nH]1)N1CC(n2cc(N3CCCC3=O)cn2)C1. The molecule has 0 aromatic carbocycles. The molecule has 2 aliphatic heterocycles. The fourth-order valence-corrected chi connectivity index (χ4v) is 2.92. The first-order valence-electron chi connectivity index (χ1n) is 7.35. The first-order valence-corrected chi connectivity index (χ1v) is 7.35. The number of H-pyrrole nitrogens is 1. The molecule has 2 amide bonds. The molecule has 22 heavy (non-hydrogen) atoms. The van der Waals surface area contributed by atoms with E-state index in [1.165, 1.54) is 0 Å². The van der Waals surface area contributed by atoms with Crippen LogP contribution in [0.5, 0.6) is 0 Å². The maximum atomic E-state index is 12.1. The highest BCUT2D eigenvalue weighted by Crippen LogP contribution is 2.26. The molecule has 2 aliphatic rings. The summed E-state index contributed by atoms with van der Waals surface area (Å²) in [4.78, 5) is 27.4. The van der Waals surface area contributed by atoms with Crippen molar-refractivity contribution in [3.63, 3.8) is 0 Å². The smallest absolute Gasteiger partial charge is 0.272 e. The van der Waals surface area contributed by atoms with E-state index in [0.717, 1.165) is 18.7 Å².